The van der Waals surface area contributed by atoms with E-state index in [4.69, 9.17) is 0 Å². The van der Waals surface area contributed by atoms with Crippen LogP contribution in [0.25, 0.3) is 11.3 Å². The zero-order valence-electron chi connectivity index (χ0n) is 18.9. The zero-order valence-corrected chi connectivity index (χ0v) is 19.7. The topological polar surface area (TPSA) is 84.9 Å². The number of rotatable bonds is 6. The van der Waals surface area contributed by atoms with E-state index in [0.29, 0.717) is 22.5 Å². The lowest BCUT2D eigenvalue weighted by molar-refractivity contribution is -0.110. The third-order valence-electron chi connectivity index (χ3n) is 6.30. The molecule has 0 saturated carbocycles. The Hall–Kier alpha value is -3.46. The monoisotopic (exact) mass is 474 g/mol. The number of anilines is 2. The second-order valence-corrected chi connectivity index (χ2v) is 9.46. The molecule has 0 spiro atoms. The predicted octanol–water partition coefficient (Wildman–Crippen LogP) is 4.13. The second-order valence-electron chi connectivity index (χ2n) is 8.68. The van der Waals surface area contributed by atoms with E-state index in [1.165, 1.54) is 11.6 Å². The summed E-state index contributed by atoms with van der Waals surface area (Å²) in [5.41, 5.74) is 5.44. The molecule has 2 aliphatic rings. The van der Waals surface area contributed by atoms with Crippen molar-refractivity contribution in [3.8, 4) is 0 Å². The van der Waals surface area contributed by atoms with E-state index >= 15 is 0 Å². The van der Waals surface area contributed by atoms with Crippen LogP contribution in [0.5, 0.6) is 0 Å². The minimum Gasteiger partial charge on any atom is -0.478 e. The number of benzene rings is 2. The van der Waals surface area contributed by atoms with Crippen LogP contribution in [0.2, 0.25) is 0 Å². The third-order valence-corrected chi connectivity index (χ3v) is 6.98. The summed E-state index contributed by atoms with van der Waals surface area (Å²) in [5, 5.41) is 19.7. The molecule has 34 heavy (non-hydrogen) atoms. The summed E-state index contributed by atoms with van der Waals surface area (Å²) < 4.78 is 0. The molecule has 2 aromatic carbocycles. The van der Waals surface area contributed by atoms with Crippen molar-refractivity contribution in [3.63, 3.8) is 0 Å². The van der Waals surface area contributed by atoms with Crippen LogP contribution in [0.15, 0.2) is 59.3 Å². The van der Waals surface area contributed by atoms with Crippen LogP contribution in [0, 0.1) is 0 Å². The Labute approximate surface area is 202 Å². The van der Waals surface area contributed by atoms with Crippen LogP contribution in [0.1, 0.15) is 27.0 Å². The first kappa shape index (κ1) is 22.3. The lowest BCUT2D eigenvalue weighted by atomic mass is 9.99. The van der Waals surface area contributed by atoms with Gasteiger partial charge in [-0.15, -0.1) is 0 Å². The first-order valence-corrected chi connectivity index (χ1v) is 12.1. The van der Waals surface area contributed by atoms with Crippen LogP contribution in [0.4, 0.5) is 11.4 Å². The van der Waals surface area contributed by atoms with Gasteiger partial charge in [0.2, 0.25) is 0 Å². The Bertz CT molecular complexity index is 1240. The first-order chi connectivity index (χ1) is 16.5. The van der Waals surface area contributed by atoms with Gasteiger partial charge in [0.05, 0.1) is 16.8 Å². The molecule has 1 amide bonds. The second kappa shape index (κ2) is 9.42. The maximum absolute atomic E-state index is 13.0. The molecule has 1 fully saturated rings. The number of likely N-dealkylation sites (N-methyl/N-ethyl adjacent to an activating group) is 1. The van der Waals surface area contributed by atoms with Gasteiger partial charge in [-0.2, -0.15) is 11.3 Å². The molecule has 174 valence electrons. The molecule has 0 atom stereocenters. The van der Waals surface area contributed by atoms with E-state index < -0.39 is 5.97 Å². The van der Waals surface area contributed by atoms with E-state index in [1.54, 1.807) is 23.5 Å². The highest BCUT2D eigenvalue weighted by Crippen LogP contribution is 2.38. The van der Waals surface area contributed by atoms with E-state index in [0.717, 1.165) is 44.0 Å². The lowest BCUT2D eigenvalue weighted by Crippen LogP contribution is -2.43. The lowest BCUT2D eigenvalue weighted by Gasteiger charge is -2.32. The summed E-state index contributed by atoms with van der Waals surface area (Å²) >= 11 is 1.54. The third kappa shape index (κ3) is 4.61. The Kier molecular flexibility index (Phi) is 6.19. The number of nitrogens with zero attached hydrogens (tertiary/aromatic N) is 2. The van der Waals surface area contributed by atoms with Crippen molar-refractivity contribution in [1.82, 2.24) is 9.80 Å². The van der Waals surface area contributed by atoms with Gasteiger partial charge in [0.15, 0.2) is 0 Å². The largest absolute Gasteiger partial charge is 0.478 e. The highest BCUT2D eigenvalue weighted by atomic mass is 32.1. The number of fused-ring (bicyclic) bond motifs is 1. The van der Waals surface area contributed by atoms with Gasteiger partial charge in [-0.3, -0.25) is 9.69 Å². The SMILES string of the molecule is CN1CCN(Cc2ccc(NC(=C3C(=O)Nc4ccc(C(=O)O)cc43)c3ccsc3)cc2)CC1. The molecule has 0 aliphatic carbocycles. The number of aromatic carboxylic acids is 1. The van der Waals surface area contributed by atoms with Gasteiger partial charge < -0.3 is 20.6 Å². The molecule has 7 nitrogen and oxygen atoms in total. The van der Waals surface area contributed by atoms with Crippen molar-refractivity contribution < 1.29 is 14.7 Å². The Morgan fingerprint density at radius 3 is 2.50 bits per heavy atom. The van der Waals surface area contributed by atoms with Gasteiger partial charge in [0.1, 0.15) is 0 Å². The van der Waals surface area contributed by atoms with Crippen molar-refractivity contribution in [3.05, 3.63) is 81.5 Å². The number of carbonyl (C=O) groups excluding carboxylic acids is 1. The highest BCUT2D eigenvalue weighted by molar-refractivity contribution is 7.08. The van der Waals surface area contributed by atoms with Gasteiger partial charge in [0.25, 0.3) is 5.91 Å². The first-order valence-electron chi connectivity index (χ1n) is 11.2. The number of thiophene rings is 1. The van der Waals surface area contributed by atoms with E-state index in [9.17, 15) is 14.7 Å². The summed E-state index contributed by atoms with van der Waals surface area (Å²) in [4.78, 5) is 29.3. The van der Waals surface area contributed by atoms with Crippen molar-refractivity contribution in [2.24, 2.45) is 0 Å². The molecule has 8 heteroatoms. The summed E-state index contributed by atoms with van der Waals surface area (Å²) in [5.74, 6) is -1.28. The number of carboxylic acid groups (broad SMARTS) is 1. The molecule has 3 heterocycles. The molecular weight excluding hydrogens is 448 g/mol. The molecule has 1 aromatic heterocycles. The Balaban J connectivity index is 1.45. The van der Waals surface area contributed by atoms with E-state index in [-0.39, 0.29) is 11.5 Å². The Morgan fingerprint density at radius 2 is 1.82 bits per heavy atom. The number of nitrogens with one attached hydrogen (secondary N) is 2. The number of carboxylic acids is 1. The molecule has 0 radical (unpaired) electrons. The normalized spacial score (nSPS) is 17.9. The van der Waals surface area contributed by atoms with Gasteiger partial charge in [0, 0.05) is 60.6 Å². The number of piperazine rings is 1. The smallest absolute Gasteiger partial charge is 0.335 e. The highest BCUT2D eigenvalue weighted by Gasteiger charge is 2.29. The summed E-state index contributed by atoms with van der Waals surface area (Å²) in [6.07, 6.45) is 0. The van der Waals surface area contributed by atoms with Crippen molar-refractivity contribution in [2.45, 2.75) is 6.54 Å². The molecule has 5 rings (SSSR count). The van der Waals surface area contributed by atoms with Crippen molar-refractivity contribution >= 4 is 45.9 Å². The van der Waals surface area contributed by atoms with E-state index in [2.05, 4.69) is 39.6 Å². The summed E-state index contributed by atoms with van der Waals surface area (Å²) in [6, 6.07) is 14.9. The van der Waals surface area contributed by atoms with E-state index in [1.807, 2.05) is 29.0 Å². The molecule has 0 bridgehead atoms. The minimum absolute atomic E-state index is 0.144. The van der Waals surface area contributed by atoms with Crippen molar-refractivity contribution in [2.75, 3.05) is 43.9 Å². The summed E-state index contributed by atoms with van der Waals surface area (Å²) in [6.45, 7) is 5.23. The molecule has 3 N–H and O–H groups in total. The number of hydrogen-bond donors (Lipinski definition) is 3. The standard InChI is InChI=1S/C26H26N4O3S/c1-29-9-11-30(12-10-29)15-17-2-5-20(6-3-17)27-24(19-8-13-34-16-19)23-21-14-18(26(32)33)4-7-22(21)28-25(23)31/h2-8,13-14,16,27H,9-12,15H2,1H3,(H,28,31)(H,32,33). The molecule has 1 saturated heterocycles. The van der Waals surface area contributed by atoms with Crippen LogP contribution in [0.3, 0.4) is 0 Å². The molecular formula is C26H26N4O3S. The zero-order chi connectivity index (χ0) is 23.7. The average molecular weight is 475 g/mol. The number of hydrogen-bond acceptors (Lipinski definition) is 6. The maximum atomic E-state index is 13.0. The van der Waals surface area contributed by atoms with Crippen LogP contribution in [-0.4, -0.2) is 60.0 Å². The molecule has 2 aliphatic heterocycles. The molecule has 0 unspecified atom stereocenters. The van der Waals surface area contributed by atoms with Gasteiger partial charge >= 0.3 is 5.97 Å². The van der Waals surface area contributed by atoms with Crippen LogP contribution < -0.4 is 10.6 Å². The van der Waals surface area contributed by atoms with Crippen LogP contribution in [-0.2, 0) is 11.3 Å². The number of amides is 1. The van der Waals surface area contributed by atoms with Crippen LogP contribution >= 0.6 is 11.3 Å². The average Bonchev–Trinajstić information content (AvgIpc) is 3.47. The van der Waals surface area contributed by atoms with Gasteiger partial charge in [-0.25, -0.2) is 4.79 Å². The fraction of sp³-hybridized carbons (Fsp3) is 0.231. The minimum atomic E-state index is -1.03. The Morgan fingerprint density at radius 1 is 1.06 bits per heavy atom. The van der Waals surface area contributed by atoms with Gasteiger partial charge in [-0.05, 0) is 54.4 Å². The maximum Gasteiger partial charge on any atom is 0.335 e. The van der Waals surface area contributed by atoms with Gasteiger partial charge in [-0.1, -0.05) is 12.1 Å². The number of carbonyl (C=O) groups is 2. The fourth-order valence-corrected chi connectivity index (χ4v) is 4.98. The quantitative estimate of drug-likeness (QED) is 0.466. The summed E-state index contributed by atoms with van der Waals surface area (Å²) in [7, 11) is 2.16. The van der Waals surface area contributed by atoms with Crippen molar-refractivity contribution in [1.29, 1.82) is 0 Å². The predicted molar refractivity (Wildman–Crippen MR) is 136 cm³/mol. The molecule has 3 aromatic rings. The fourth-order valence-electron chi connectivity index (χ4n) is 4.34.